The summed E-state index contributed by atoms with van der Waals surface area (Å²) >= 11 is 0. The Bertz CT molecular complexity index is 1350. The Morgan fingerprint density at radius 3 is 2.31 bits per heavy atom. The van der Waals surface area contributed by atoms with E-state index in [4.69, 9.17) is 4.74 Å². The van der Waals surface area contributed by atoms with Gasteiger partial charge in [-0.1, -0.05) is 12.1 Å². The fourth-order valence-electron chi connectivity index (χ4n) is 3.10. The molecule has 1 heterocycles. The first-order valence-electron chi connectivity index (χ1n) is 10.0. The molecule has 35 heavy (non-hydrogen) atoms. The highest BCUT2D eigenvalue weighted by molar-refractivity contribution is 6.05. The maximum absolute atomic E-state index is 12.5. The molecule has 0 atom stereocenters. The smallest absolute Gasteiger partial charge is 0.339 e. The monoisotopic (exact) mass is 480 g/mol. The third-order valence-electron chi connectivity index (χ3n) is 4.78. The molecule has 0 radical (unpaired) electrons. The molecular weight excluding hydrogens is 460 g/mol. The molecule has 12 nitrogen and oxygen atoms in total. The maximum atomic E-state index is 12.5. The van der Waals surface area contributed by atoms with E-state index in [0.29, 0.717) is 22.7 Å². The van der Waals surface area contributed by atoms with Crippen LogP contribution in [-0.2, 0) is 16.1 Å². The minimum Gasteiger partial charge on any atom is -0.495 e. The molecule has 0 unspecified atom stereocenters. The summed E-state index contributed by atoms with van der Waals surface area (Å²) in [4.78, 5) is 59.2. The van der Waals surface area contributed by atoms with Gasteiger partial charge in [0.2, 0.25) is 5.91 Å². The Hall–Kier alpha value is -5.00. The average Bonchev–Trinajstić information content (AvgIpc) is 2.85. The Morgan fingerprint density at radius 1 is 1.00 bits per heavy atom. The lowest BCUT2D eigenvalue weighted by molar-refractivity contribution is -0.386. The van der Waals surface area contributed by atoms with E-state index in [1.807, 2.05) is 0 Å². The maximum Gasteiger partial charge on any atom is 0.339 e. The highest BCUT2D eigenvalue weighted by Gasteiger charge is 2.21. The third kappa shape index (κ3) is 5.87. The van der Waals surface area contributed by atoms with E-state index >= 15 is 0 Å². The Labute approximate surface area is 198 Å². The van der Waals surface area contributed by atoms with E-state index in [0.717, 1.165) is 23.9 Å². The Morgan fingerprint density at radius 2 is 1.69 bits per heavy atom. The number of para-hydroxylation sites is 2. The van der Waals surface area contributed by atoms with Crippen LogP contribution < -0.4 is 20.9 Å². The van der Waals surface area contributed by atoms with Crippen LogP contribution in [0.4, 0.5) is 17.1 Å². The summed E-state index contributed by atoms with van der Waals surface area (Å²) in [7, 11) is 2.57. The van der Waals surface area contributed by atoms with Crippen molar-refractivity contribution in [3.8, 4) is 5.75 Å². The molecule has 0 spiro atoms. The molecular formula is C23H20N4O8. The highest BCUT2D eigenvalue weighted by Crippen LogP contribution is 2.24. The number of rotatable bonds is 8. The van der Waals surface area contributed by atoms with Gasteiger partial charge < -0.3 is 20.1 Å². The minimum absolute atomic E-state index is 0.253. The van der Waals surface area contributed by atoms with Crippen molar-refractivity contribution in [2.45, 2.75) is 6.54 Å². The topological polar surface area (TPSA) is 159 Å². The number of hydrogen-bond acceptors (Lipinski definition) is 8. The average molecular weight is 480 g/mol. The number of aromatic nitrogens is 1. The van der Waals surface area contributed by atoms with E-state index in [9.17, 15) is 29.3 Å². The number of carbonyl (C=O) groups excluding carboxylic acids is 3. The Balaban J connectivity index is 1.72. The highest BCUT2D eigenvalue weighted by atomic mass is 16.6. The molecule has 180 valence electrons. The van der Waals surface area contributed by atoms with Crippen LogP contribution in [0, 0.1) is 10.1 Å². The second kappa shape index (κ2) is 10.7. The first-order valence-corrected chi connectivity index (χ1v) is 10.0. The van der Waals surface area contributed by atoms with Gasteiger partial charge in [0.05, 0.1) is 30.4 Å². The molecule has 0 saturated carbocycles. The second-order valence-electron chi connectivity index (χ2n) is 7.08. The predicted octanol–water partition coefficient (Wildman–Crippen LogP) is 2.44. The van der Waals surface area contributed by atoms with Crippen molar-refractivity contribution in [2.24, 2.45) is 0 Å². The van der Waals surface area contributed by atoms with Gasteiger partial charge in [-0.3, -0.25) is 29.1 Å². The number of hydrogen-bond donors (Lipinski definition) is 2. The zero-order chi connectivity index (χ0) is 25.5. The van der Waals surface area contributed by atoms with Gasteiger partial charge in [0.15, 0.2) is 0 Å². The molecule has 2 amide bonds. The number of benzene rings is 2. The fourth-order valence-corrected chi connectivity index (χ4v) is 3.10. The van der Waals surface area contributed by atoms with Crippen LogP contribution in [0.1, 0.15) is 20.7 Å². The lowest BCUT2D eigenvalue weighted by atomic mass is 10.2. The molecule has 0 aliphatic carbocycles. The lowest BCUT2D eigenvalue weighted by Crippen LogP contribution is -2.29. The van der Waals surface area contributed by atoms with Crippen LogP contribution in [0.15, 0.2) is 65.6 Å². The van der Waals surface area contributed by atoms with Crippen LogP contribution in [0.3, 0.4) is 0 Å². The predicted molar refractivity (Wildman–Crippen MR) is 125 cm³/mol. The summed E-state index contributed by atoms with van der Waals surface area (Å²) in [6, 6.07) is 13.6. The third-order valence-corrected chi connectivity index (χ3v) is 4.78. The van der Waals surface area contributed by atoms with Crippen LogP contribution in [0.5, 0.6) is 5.75 Å². The number of amides is 2. The largest absolute Gasteiger partial charge is 0.495 e. The number of nitrogens with one attached hydrogen (secondary N) is 2. The van der Waals surface area contributed by atoms with Gasteiger partial charge >= 0.3 is 17.2 Å². The molecule has 0 aliphatic heterocycles. The molecule has 0 fully saturated rings. The summed E-state index contributed by atoms with van der Waals surface area (Å²) in [6.45, 7) is -0.597. The molecule has 2 N–H and O–H groups in total. The van der Waals surface area contributed by atoms with Crippen LogP contribution in [0.2, 0.25) is 0 Å². The number of anilines is 2. The number of esters is 1. The van der Waals surface area contributed by atoms with Gasteiger partial charge in [0, 0.05) is 23.5 Å². The van der Waals surface area contributed by atoms with E-state index in [1.54, 1.807) is 24.3 Å². The SMILES string of the molecule is COC(=O)c1cc([N+](=O)[O-])c(=O)n(CC(=O)Nc2ccc(C(=O)Nc3ccccc3OC)cc2)c1. The summed E-state index contributed by atoms with van der Waals surface area (Å²) < 4.78 is 10.5. The van der Waals surface area contributed by atoms with Crippen LogP contribution >= 0.6 is 0 Å². The summed E-state index contributed by atoms with van der Waals surface area (Å²) in [6.07, 6.45) is 1.01. The number of pyridine rings is 1. The first kappa shape index (κ1) is 24.6. The van der Waals surface area contributed by atoms with Crippen molar-refractivity contribution in [1.82, 2.24) is 4.57 Å². The first-order chi connectivity index (χ1) is 16.7. The van der Waals surface area contributed by atoms with Crippen molar-refractivity contribution in [3.63, 3.8) is 0 Å². The molecule has 12 heteroatoms. The zero-order valence-corrected chi connectivity index (χ0v) is 18.6. The van der Waals surface area contributed by atoms with Crippen molar-refractivity contribution < 1.29 is 28.8 Å². The van der Waals surface area contributed by atoms with Crippen molar-refractivity contribution in [2.75, 3.05) is 24.9 Å². The molecule has 3 rings (SSSR count). The number of nitrogens with zero attached hydrogens (tertiary/aromatic N) is 2. The molecule has 0 aliphatic rings. The summed E-state index contributed by atoms with van der Waals surface area (Å²) in [5, 5.41) is 16.4. The normalized spacial score (nSPS) is 10.2. The van der Waals surface area contributed by atoms with Gasteiger partial charge in [0.1, 0.15) is 12.3 Å². The van der Waals surface area contributed by atoms with E-state index in [1.165, 1.54) is 31.4 Å². The summed E-state index contributed by atoms with van der Waals surface area (Å²) in [5.41, 5.74) is -1.06. The number of carbonyl (C=O) groups is 3. The number of nitro groups is 1. The molecule has 0 bridgehead atoms. The molecule has 3 aromatic rings. The fraction of sp³-hybridized carbons (Fsp3) is 0.130. The molecule has 0 saturated heterocycles. The van der Waals surface area contributed by atoms with E-state index < -0.39 is 40.5 Å². The summed E-state index contributed by atoms with van der Waals surface area (Å²) in [5.74, 6) is -1.48. The van der Waals surface area contributed by atoms with Crippen molar-refractivity contribution in [1.29, 1.82) is 0 Å². The zero-order valence-electron chi connectivity index (χ0n) is 18.6. The van der Waals surface area contributed by atoms with Gasteiger partial charge in [-0.15, -0.1) is 0 Å². The molecule has 2 aromatic carbocycles. The van der Waals surface area contributed by atoms with Crippen molar-refractivity contribution in [3.05, 3.63) is 92.4 Å². The van der Waals surface area contributed by atoms with Crippen molar-refractivity contribution >= 4 is 34.8 Å². The molecule has 1 aromatic heterocycles. The second-order valence-corrected chi connectivity index (χ2v) is 7.08. The quantitative estimate of drug-likeness (QED) is 0.283. The number of methoxy groups -OCH3 is 2. The van der Waals surface area contributed by atoms with Gasteiger partial charge in [-0.25, -0.2) is 4.79 Å². The number of ether oxygens (including phenoxy) is 2. The lowest BCUT2D eigenvalue weighted by Gasteiger charge is -2.11. The minimum atomic E-state index is -1.05. The standard InChI is InChI=1S/C23H20N4O8/c1-34-19-6-4-3-5-17(19)25-21(29)14-7-9-16(10-8-14)24-20(28)13-26-12-15(23(31)35-2)11-18(22(26)30)27(32)33/h3-12H,13H2,1-2H3,(H,24,28)(H,25,29). The van der Waals surface area contributed by atoms with Gasteiger partial charge in [0.25, 0.3) is 5.91 Å². The van der Waals surface area contributed by atoms with Gasteiger partial charge in [-0.2, -0.15) is 0 Å². The Kier molecular flexibility index (Phi) is 7.56. The van der Waals surface area contributed by atoms with Crippen LogP contribution in [0.25, 0.3) is 0 Å². The van der Waals surface area contributed by atoms with Crippen LogP contribution in [-0.4, -0.2) is 41.5 Å². The van der Waals surface area contributed by atoms with E-state index in [2.05, 4.69) is 15.4 Å². The van der Waals surface area contributed by atoms with E-state index in [-0.39, 0.29) is 5.56 Å². The van der Waals surface area contributed by atoms with Gasteiger partial charge in [-0.05, 0) is 36.4 Å².